The fraction of sp³-hybridized carbons (Fsp3) is 0.235. The van der Waals surface area contributed by atoms with E-state index >= 15 is 0 Å². The molecule has 0 aliphatic heterocycles. The summed E-state index contributed by atoms with van der Waals surface area (Å²) in [7, 11) is 0. The number of aromatic amines is 1. The zero-order valence-corrected chi connectivity index (χ0v) is 16.1. The Labute approximate surface area is 157 Å². The lowest BCUT2D eigenvalue weighted by Crippen LogP contribution is -2.15. The number of halogens is 1. The average molecular weight is 394 g/mol. The summed E-state index contributed by atoms with van der Waals surface area (Å²) in [5, 5.41) is 3.93. The SMILES string of the molecule is Cc1sc2nc(CSCC(=O)Nc3ccccc3Cl)[nH]c(=O)c2c1C. The number of amides is 1. The number of carbonyl (C=O) groups excluding carboxylic acids is 1. The number of anilines is 1. The molecule has 0 unspecified atom stereocenters. The van der Waals surface area contributed by atoms with Crippen molar-refractivity contribution in [2.75, 3.05) is 11.1 Å². The predicted molar refractivity (Wildman–Crippen MR) is 106 cm³/mol. The number of aromatic nitrogens is 2. The van der Waals surface area contributed by atoms with Gasteiger partial charge in [-0.05, 0) is 31.5 Å². The van der Waals surface area contributed by atoms with E-state index in [9.17, 15) is 9.59 Å². The monoisotopic (exact) mass is 393 g/mol. The van der Waals surface area contributed by atoms with Crippen molar-refractivity contribution in [1.29, 1.82) is 0 Å². The number of para-hydroxylation sites is 1. The Kier molecular flexibility index (Phi) is 5.46. The van der Waals surface area contributed by atoms with Crippen molar-refractivity contribution in [2.45, 2.75) is 19.6 Å². The summed E-state index contributed by atoms with van der Waals surface area (Å²) in [6.07, 6.45) is 0. The van der Waals surface area contributed by atoms with Crippen LogP contribution in [0.2, 0.25) is 5.02 Å². The van der Waals surface area contributed by atoms with Crippen LogP contribution in [0.1, 0.15) is 16.3 Å². The van der Waals surface area contributed by atoms with Crippen LogP contribution in [0.4, 0.5) is 5.69 Å². The average Bonchev–Trinajstić information content (AvgIpc) is 2.84. The number of hydrogen-bond acceptors (Lipinski definition) is 5. The summed E-state index contributed by atoms with van der Waals surface area (Å²) in [4.78, 5) is 33.4. The Morgan fingerprint density at radius 2 is 2.12 bits per heavy atom. The number of fused-ring (bicyclic) bond motifs is 1. The van der Waals surface area contributed by atoms with Gasteiger partial charge in [-0.2, -0.15) is 0 Å². The van der Waals surface area contributed by atoms with Crippen LogP contribution in [0, 0.1) is 13.8 Å². The summed E-state index contributed by atoms with van der Waals surface area (Å²) >= 11 is 8.92. The minimum atomic E-state index is -0.149. The Hall–Kier alpha value is -1.83. The predicted octanol–water partition coefficient (Wildman–Crippen LogP) is 4.13. The highest BCUT2D eigenvalue weighted by molar-refractivity contribution is 7.99. The van der Waals surface area contributed by atoms with Crippen LogP contribution < -0.4 is 10.9 Å². The highest BCUT2D eigenvalue weighted by Crippen LogP contribution is 2.26. The largest absolute Gasteiger partial charge is 0.324 e. The van der Waals surface area contributed by atoms with Crippen LogP contribution in [0.25, 0.3) is 10.2 Å². The summed E-state index contributed by atoms with van der Waals surface area (Å²) in [5.41, 5.74) is 1.45. The first-order chi connectivity index (χ1) is 12.0. The van der Waals surface area contributed by atoms with Gasteiger partial charge in [-0.15, -0.1) is 23.1 Å². The second kappa shape index (κ2) is 7.59. The molecule has 2 heterocycles. The molecule has 0 saturated heterocycles. The van der Waals surface area contributed by atoms with E-state index in [-0.39, 0.29) is 17.2 Å². The van der Waals surface area contributed by atoms with Crippen LogP contribution in [-0.4, -0.2) is 21.6 Å². The van der Waals surface area contributed by atoms with Crippen LogP contribution in [0.3, 0.4) is 0 Å². The lowest BCUT2D eigenvalue weighted by molar-refractivity contribution is -0.113. The normalized spacial score (nSPS) is 11.0. The first kappa shape index (κ1) is 18.0. The summed E-state index contributed by atoms with van der Waals surface area (Å²) in [6.45, 7) is 3.91. The maximum atomic E-state index is 12.2. The van der Waals surface area contributed by atoms with Gasteiger partial charge in [-0.1, -0.05) is 23.7 Å². The van der Waals surface area contributed by atoms with Crippen molar-refractivity contribution in [1.82, 2.24) is 9.97 Å². The van der Waals surface area contributed by atoms with Gasteiger partial charge >= 0.3 is 0 Å². The van der Waals surface area contributed by atoms with Crippen LogP contribution >= 0.6 is 34.7 Å². The quantitative estimate of drug-likeness (QED) is 0.683. The third-order valence-electron chi connectivity index (χ3n) is 3.71. The number of thioether (sulfide) groups is 1. The van der Waals surface area contributed by atoms with Gasteiger partial charge in [0.2, 0.25) is 5.91 Å². The number of benzene rings is 1. The first-order valence-electron chi connectivity index (χ1n) is 7.56. The molecular weight excluding hydrogens is 378 g/mol. The van der Waals surface area contributed by atoms with Crippen LogP contribution in [0.15, 0.2) is 29.1 Å². The molecule has 3 rings (SSSR count). The molecular formula is C17H16ClN3O2S2. The van der Waals surface area contributed by atoms with E-state index in [1.54, 1.807) is 18.2 Å². The fourth-order valence-electron chi connectivity index (χ4n) is 2.36. The van der Waals surface area contributed by atoms with Crippen molar-refractivity contribution in [3.63, 3.8) is 0 Å². The van der Waals surface area contributed by atoms with Crippen molar-refractivity contribution >= 4 is 56.5 Å². The third kappa shape index (κ3) is 4.05. The number of nitrogens with one attached hydrogen (secondary N) is 2. The van der Waals surface area contributed by atoms with E-state index in [0.29, 0.717) is 27.7 Å². The van der Waals surface area contributed by atoms with E-state index in [2.05, 4.69) is 15.3 Å². The smallest absolute Gasteiger partial charge is 0.259 e. The van der Waals surface area contributed by atoms with Crippen LogP contribution in [0.5, 0.6) is 0 Å². The topological polar surface area (TPSA) is 74.8 Å². The van der Waals surface area contributed by atoms with Gasteiger partial charge in [0.1, 0.15) is 10.7 Å². The van der Waals surface area contributed by atoms with Gasteiger partial charge < -0.3 is 10.3 Å². The molecule has 0 aliphatic carbocycles. The van der Waals surface area contributed by atoms with Gasteiger partial charge in [0.15, 0.2) is 0 Å². The second-order valence-corrected chi connectivity index (χ2v) is 8.09. The van der Waals surface area contributed by atoms with E-state index in [4.69, 9.17) is 11.6 Å². The molecule has 8 heteroatoms. The third-order valence-corrected chi connectivity index (χ3v) is 6.08. The van der Waals surface area contributed by atoms with Gasteiger partial charge in [-0.3, -0.25) is 9.59 Å². The molecule has 130 valence electrons. The molecule has 0 spiro atoms. The minimum absolute atomic E-state index is 0.122. The number of hydrogen-bond donors (Lipinski definition) is 2. The molecule has 2 N–H and O–H groups in total. The minimum Gasteiger partial charge on any atom is -0.324 e. The van der Waals surface area contributed by atoms with Crippen molar-refractivity contribution < 1.29 is 4.79 Å². The molecule has 3 aromatic rings. The zero-order chi connectivity index (χ0) is 18.0. The number of rotatable bonds is 5. The highest BCUT2D eigenvalue weighted by atomic mass is 35.5. The van der Waals surface area contributed by atoms with Crippen molar-refractivity contribution in [3.05, 3.63) is 55.9 Å². The summed E-state index contributed by atoms with van der Waals surface area (Å²) in [6, 6.07) is 7.08. The van der Waals surface area contributed by atoms with Crippen molar-refractivity contribution in [3.8, 4) is 0 Å². The Morgan fingerprint density at radius 1 is 1.36 bits per heavy atom. The van der Waals surface area contributed by atoms with Gasteiger partial charge in [-0.25, -0.2) is 4.98 Å². The van der Waals surface area contributed by atoms with Gasteiger partial charge in [0, 0.05) is 4.88 Å². The van der Waals surface area contributed by atoms with Crippen LogP contribution in [-0.2, 0) is 10.5 Å². The molecule has 5 nitrogen and oxygen atoms in total. The second-order valence-electron chi connectivity index (χ2n) is 5.50. The molecule has 0 radical (unpaired) electrons. The molecule has 0 saturated carbocycles. The number of thiophene rings is 1. The van der Waals surface area contributed by atoms with E-state index in [1.807, 2.05) is 19.9 Å². The maximum absolute atomic E-state index is 12.2. The van der Waals surface area contributed by atoms with E-state index in [1.165, 1.54) is 23.1 Å². The molecule has 0 aliphatic rings. The lowest BCUT2D eigenvalue weighted by atomic mass is 10.2. The molecule has 0 fully saturated rings. The molecule has 2 aromatic heterocycles. The van der Waals surface area contributed by atoms with E-state index < -0.39 is 0 Å². The molecule has 0 atom stereocenters. The highest BCUT2D eigenvalue weighted by Gasteiger charge is 2.12. The number of carbonyl (C=O) groups is 1. The maximum Gasteiger partial charge on any atom is 0.259 e. The first-order valence-corrected chi connectivity index (χ1v) is 9.91. The Morgan fingerprint density at radius 3 is 2.88 bits per heavy atom. The molecule has 25 heavy (non-hydrogen) atoms. The van der Waals surface area contributed by atoms with Crippen molar-refractivity contribution in [2.24, 2.45) is 0 Å². The van der Waals surface area contributed by atoms with Gasteiger partial charge in [0.25, 0.3) is 5.56 Å². The Balaban J connectivity index is 1.62. The standard InChI is InChI=1S/C17H16ClN3O2S2/c1-9-10(2)25-17-15(9)16(23)20-13(21-17)7-24-8-14(22)19-12-6-4-3-5-11(12)18/h3-6H,7-8H2,1-2H3,(H,19,22)(H,20,21,23). The number of aryl methyl sites for hydroxylation is 2. The summed E-state index contributed by atoms with van der Waals surface area (Å²) < 4.78 is 0. The molecule has 1 aromatic carbocycles. The fourth-order valence-corrected chi connectivity index (χ4v) is 4.28. The number of H-pyrrole nitrogens is 1. The molecule has 0 bridgehead atoms. The lowest BCUT2D eigenvalue weighted by Gasteiger charge is -2.06. The van der Waals surface area contributed by atoms with Gasteiger partial charge in [0.05, 0.1) is 27.6 Å². The summed E-state index contributed by atoms with van der Waals surface area (Å²) in [5.74, 6) is 1.13. The Bertz CT molecular complexity index is 997. The zero-order valence-electron chi connectivity index (χ0n) is 13.7. The van der Waals surface area contributed by atoms with E-state index in [0.717, 1.165) is 15.3 Å². The number of nitrogens with zero attached hydrogens (tertiary/aromatic N) is 1. The molecule has 1 amide bonds.